The van der Waals surface area contributed by atoms with Gasteiger partial charge in [0.2, 0.25) is 0 Å². The van der Waals surface area contributed by atoms with Gasteiger partial charge >= 0.3 is 0 Å². The third-order valence-electron chi connectivity index (χ3n) is 2.64. The topological polar surface area (TPSA) is 38.0 Å². The molecule has 0 radical (unpaired) electrons. The number of unbranched alkanes of at least 4 members (excludes halogenated alkanes) is 2. The Labute approximate surface area is 111 Å². The van der Waals surface area contributed by atoms with Gasteiger partial charge in [-0.1, -0.05) is 43.9 Å². The largest absolute Gasteiger partial charge is 0.271 e. The first-order chi connectivity index (χ1) is 7.69. The fraction of sp³-hybridized carbons (Fsp3) is 0.500. The molecule has 0 amide bonds. The van der Waals surface area contributed by atoms with E-state index in [9.17, 15) is 0 Å². The van der Waals surface area contributed by atoms with E-state index in [1.807, 2.05) is 18.2 Å². The maximum absolute atomic E-state index is 5.96. The van der Waals surface area contributed by atoms with Crippen molar-refractivity contribution in [3.8, 4) is 0 Å². The molecule has 2 nitrogen and oxygen atoms in total. The number of hydrazine groups is 1. The quantitative estimate of drug-likeness (QED) is 0.470. The highest BCUT2D eigenvalue weighted by Crippen LogP contribution is 2.27. The van der Waals surface area contributed by atoms with E-state index < -0.39 is 0 Å². The standard InChI is InChI=1S/C12H18BrClN2/c1-2-3-4-5-12(16-15)9-6-7-11(14)10(13)8-9/h6-8,12,16H,2-5,15H2,1H3. The number of hydrogen-bond donors (Lipinski definition) is 2. The van der Waals surface area contributed by atoms with Crippen molar-refractivity contribution in [1.82, 2.24) is 5.43 Å². The lowest BCUT2D eigenvalue weighted by Gasteiger charge is -2.16. The molecule has 1 aromatic rings. The Kier molecular flexibility index (Phi) is 6.36. The second-order valence-electron chi connectivity index (χ2n) is 3.89. The SMILES string of the molecule is CCCCCC(NN)c1ccc(Cl)c(Br)c1. The van der Waals surface area contributed by atoms with Crippen LogP contribution in [0, 0.1) is 0 Å². The third-order valence-corrected chi connectivity index (χ3v) is 3.86. The van der Waals surface area contributed by atoms with Crippen LogP contribution in [0.3, 0.4) is 0 Å². The van der Waals surface area contributed by atoms with Crippen molar-refractivity contribution in [2.75, 3.05) is 0 Å². The third kappa shape index (κ3) is 4.06. The molecule has 4 heteroatoms. The maximum Gasteiger partial charge on any atom is 0.0548 e. The second kappa shape index (κ2) is 7.28. The van der Waals surface area contributed by atoms with Crippen molar-refractivity contribution in [3.05, 3.63) is 33.3 Å². The number of hydrogen-bond acceptors (Lipinski definition) is 2. The van der Waals surface area contributed by atoms with Crippen LogP contribution in [0.25, 0.3) is 0 Å². The minimum Gasteiger partial charge on any atom is -0.271 e. The van der Waals surface area contributed by atoms with Crippen LogP contribution in [0.15, 0.2) is 22.7 Å². The molecule has 0 aliphatic rings. The average molecular weight is 306 g/mol. The van der Waals surface area contributed by atoms with E-state index in [2.05, 4.69) is 28.3 Å². The van der Waals surface area contributed by atoms with Crippen molar-refractivity contribution in [3.63, 3.8) is 0 Å². The summed E-state index contributed by atoms with van der Waals surface area (Å²) in [6.45, 7) is 2.20. The van der Waals surface area contributed by atoms with Gasteiger partial charge in [0, 0.05) is 10.5 Å². The lowest BCUT2D eigenvalue weighted by Crippen LogP contribution is -2.27. The van der Waals surface area contributed by atoms with E-state index in [1.54, 1.807) is 0 Å². The molecule has 0 saturated carbocycles. The number of halogens is 2. The van der Waals surface area contributed by atoms with Crippen LogP contribution in [0.1, 0.15) is 44.2 Å². The molecule has 0 aliphatic heterocycles. The minimum atomic E-state index is 0.208. The summed E-state index contributed by atoms with van der Waals surface area (Å²) >= 11 is 9.38. The van der Waals surface area contributed by atoms with Crippen molar-refractivity contribution < 1.29 is 0 Å². The predicted molar refractivity (Wildman–Crippen MR) is 73.4 cm³/mol. The second-order valence-corrected chi connectivity index (χ2v) is 5.15. The Hall–Kier alpha value is -0.0900. The van der Waals surface area contributed by atoms with Crippen molar-refractivity contribution in [2.45, 2.75) is 38.6 Å². The number of nitrogens with two attached hydrogens (primary N) is 1. The summed E-state index contributed by atoms with van der Waals surface area (Å²) in [7, 11) is 0. The van der Waals surface area contributed by atoms with Crippen molar-refractivity contribution >= 4 is 27.5 Å². The molecule has 0 fully saturated rings. The maximum atomic E-state index is 5.96. The monoisotopic (exact) mass is 304 g/mol. The van der Waals surface area contributed by atoms with Gasteiger partial charge in [-0.25, -0.2) is 0 Å². The van der Waals surface area contributed by atoms with Crippen LogP contribution in [0.5, 0.6) is 0 Å². The van der Waals surface area contributed by atoms with Gasteiger partial charge in [0.1, 0.15) is 0 Å². The average Bonchev–Trinajstić information content (AvgIpc) is 2.29. The lowest BCUT2D eigenvalue weighted by atomic mass is 10.0. The van der Waals surface area contributed by atoms with E-state index >= 15 is 0 Å². The highest BCUT2D eigenvalue weighted by molar-refractivity contribution is 9.10. The van der Waals surface area contributed by atoms with Crippen LogP contribution in [-0.4, -0.2) is 0 Å². The highest BCUT2D eigenvalue weighted by Gasteiger charge is 2.10. The Morgan fingerprint density at radius 3 is 2.75 bits per heavy atom. The molecule has 3 N–H and O–H groups in total. The van der Waals surface area contributed by atoms with Crippen LogP contribution in [-0.2, 0) is 0 Å². The molecule has 0 saturated heterocycles. The molecule has 1 atom stereocenters. The summed E-state index contributed by atoms with van der Waals surface area (Å²) in [5, 5.41) is 0.730. The number of rotatable bonds is 6. The zero-order valence-corrected chi connectivity index (χ0v) is 11.8. The molecule has 1 unspecified atom stereocenters. The van der Waals surface area contributed by atoms with Gasteiger partial charge in [0.05, 0.1) is 5.02 Å². The predicted octanol–water partition coefficient (Wildman–Crippen LogP) is 4.19. The van der Waals surface area contributed by atoms with Gasteiger partial charge in [-0.2, -0.15) is 0 Å². The molecule has 1 aromatic carbocycles. The first kappa shape index (κ1) is 14.0. The Balaban J connectivity index is 2.67. The summed E-state index contributed by atoms with van der Waals surface area (Å²) < 4.78 is 0.919. The van der Waals surface area contributed by atoms with E-state index in [4.69, 9.17) is 17.4 Å². The molecule has 90 valence electrons. The zero-order valence-electron chi connectivity index (χ0n) is 9.47. The number of nitrogens with one attached hydrogen (secondary N) is 1. The Morgan fingerprint density at radius 1 is 1.44 bits per heavy atom. The smallest absolute Gasteiger partial charge is 0.0548 e. The van der Waals surface area contributed by atoms with Crippen LogP contribution in [0.2, 0.25) is 5.02 Å². The van der Waals surface area contributed by atoms with Gasteiger partial charge in [0.15, 0.2) is 0 Å². The fourth-order valence-electron chi connectivity index (χ4n) is 1.67. The van der Waals surface area contributed by atoms with Gasteiger partial charge in [-0.15, -0.1) is 0 Å². The molecule has 0 aromatic heterocycles. The molecule has 0 spiro atoms. The van der Waals surface area contributed by atoms with Gasteiger partial charge in [0.25, 0.3) is 0 Å². The minimum absolute atomic E-state index is 0.208. The first-order valence-electron chi connectivity index (χ1n) is 5.60. The van der Waals surface area contributed by atoms with Crippen molar-refractivity contribution in [2.24, 2.45) is 5.84 Å². The molecular formula is C12H18BrClN2. The van der Waals surface area contributed by atoms with Crippen molar-refractivity contribution in [1.29, 1.82) is 0 Å². The summed E-state index contributed by atoms with van der Waals surface area (Å²) in [4.78, 5) is 0. The summed E-state index contributed by atoms with van der Waals surface area (Å²) in [6.07, 6.45) is 4.71. The van der Waals surface area contributed by atoms with E-state index in [0.717, 1.165) is 15.9 Å². The fourth-order valence-corrected chi connectivity index (χ4v) is 2.19. The lowest BCUT2D eigenvalue weighted by molar-refractivity contribution is 0.487. The van der Waals surface area contributed by atoms with E-state index in [-0.39, 0.29) is 6.04 Å². The van der Waals surface area contributed by atoms with Crippen LogP contribution < -0.4 is 11.3 Å². The van der Waals surface area contributed by atoms with E-state index in [1.165, 1.54) is 24.8 Å². The summed E-state index contributed by atoms with van der Waals surface area (Å²) in [6, 6.07) is 6.15. The molecule has 0 heterocycles. The van der Waals surface area contributed by atoms with E-state index in [0.29, 0.717) is 0 Å². The molecule has 0 bridgehead atoms. The van der Waals surface area contributed by atoms with Gasteiger partial charge < -0.3 is 0 Å². The summed E-state index contributed by atoms with van der Waals surface area (Å²) in [5.41, 5.74) is 4.04. The molecular weight excluding hydrogens is 288 g/mol. The molecule has 16 heavy (non-hydrogen) atoms. The van der Waals surface area contributed by atoms with Crippen LogP contribution in [0.4, 0.5) is 0 Å². The number of benzene rings is 1. The molecule has 0 aliphatic carbocycles. The normalized spacial score (nSPS) is 12.8. The van der Waals surface area contributed by atoms with Gasteiger partial charge in [-0.05, 0) is 40.0 Å². The molecule has 1 rings (SSSR count). The Morgan fingerprint density at radius 2 is 2.19 bits per heavy atom. The summed E-state index contributed by atoms with van der Waals surface area (Å²) in [5.74, 6) is 5.58. The van der Waals surface area contributed by atoms with Crippen LogP contribution >= 0.6 is 27.5 Å². The zero-order chi connectivity index (χ0) is 12.0. The first-order valence-corrected chi connectivity index (χ1v) is 6.77. The van der Waals surface area contributed by atoms with Gasteiger partial charge in [-0.3, -0.25) is 11.3 Å². The highest BCUT2D eigenvalue weighted by atomic mass is 79.9. The Bertz CT molecular complexity index is 331.